The van der Waals surface area contributed by atoms with Crippen molar-refractivity contribution in [3.8, 4) is 0 Å². The number of carbonyl (C=O) groups is 2. The molecule has 1 unspecified atom stereocenters. The number of urea groups is 1. The van der Waals surface area contributed by atoms with Crippen LogP contribution in [0, 0.1) is 0 Å². The molecule has 0 aromatic heterocycles. The van der Waals surface area contributed by atoms with Crippen LogP contribution in [0.5, 0.6) is 0 Å². The second-order valence-corrected chi connectivity index (χ2v) is 5.61. The molecule has 2 rings (SSSR count). The number of nitrogens with one attached hydrogen (secondary N) is 3. The molecule has 0 heterocycles. The van der Waals surface area contributed by atoms with E-state index in [1.54, 1.807) is 30.3 Å². The number of rotatable bonds is 4. The Morgan fingerprint density at radius 3 is 2.50 bits per heavy atom. The third-order valence-electron chi connectivity index (χ3n) is 3.77. The van der Waals surface area contributed by atoms with Gasteiger partial charge in [-0.25, -0.2) is 10.3 Å². The number of allylic oxidation sites excluding steroid dienone is 2. The molecule has 24 heavy (non-hydrogen) atoms. The summed E-state index contributed by atoms with van der Waals surface area (Å²) in [4.78, 5) is 22.9. The zero-order chi connectivity index (χ0) is 17.5. The van der Waals surface area contributed by atoms with Crippen LogP contribution in [-0.2, 0) is 4.79 Å². The van der Waals surface area contributed by atoms with Crippen LogP contribution < -0.4 is 16.1 Å². The lowest BCUT2D eigenvalue weighted by molar-refractivity contribution is -0.124. The molecular weight excluding hydrogens is 306 g/mol. The molecule has 1 aromatic rings. The molecule has 0 saturated heterocycles. The quantitative estimate of drug-likeness (QED) is 0.389. The molecule has 0 fully saturated rings. The maximum absolute atomic E-state index is 12.0. The fourth-order valence-electron chi connectivity index (χ4n) is 2.29. The summed E-state index contributed by atoms with van der Waals surface area (Å²) in [6.45, 7) is 4.09. The molecule has 6 heteroatoms. The van der Waals surface area contributed by atoms with E-state index in [4.69, 9.17) is 5.21 Å². The Bertz CT molecular complexity index is 703. The van der Waals surface area contributed by atoms with Gasteiger partial charge in [0.2, 0.25) is 0 Å². The normalized spacial score (nSPS) is 17.0. The highest BCUT2D eigenvalue weighted by molar-refractivity contribution is 5.91. The average Bonchev–Trinajstić information content (AvgIpc) is 2.57. The van der Waals surface area contributed by atoms with Gasteiger partial charge in [0.1, 0.15) is 0 Å². The van der Waals surface area contributed by atoms with E-state index in [9.17, 15) is 9.59 Å². The van der Waals surface area contributed by atoms with Crippen LogP contribution in [0.15, 0.2) is 53.6 Å². The predicted molar refractivity (Wildman–Crippen MR) is 93.5 cm³/mol. The Morgan fingerprint density at radius 1 is 1.17 bits per heavy atom. The topological polar surface area (TPSA) is 90.5 Å². The van der Waals surface area contributed by atoms with Gasteiger partial charge in [-0.05, 0) is 44.0 Å². The fraction of sp³-hybridized carbons (Fsp3) is 0.222. The Kier molecular flexibility index (Phi) is 5.92. The van der Waals surface area contributed by atoms with Crippen LogP contribution in [-0.4, -0.2) is 23.2 Å². The van der Waals surface area contributed by atoms with Crippen molar-refractivity contribution in [1.82, 2.24) is 10.8 Å². The molecule has 1 atom stereocenters. The minimum Gasteiger partial charge on any atom is -0.331 e. The van der Waals surface area contributed by atoms with Crippen molar-refractivity contribution in [3.63, 3.8) is 0 Å². The second kappa shape index (κ2) is 8.12. The Morgan fingerprint density at radius 2 is 1.88 bits per heavy atom. The third-order valence-corrected chi connectivity index (χ3v) is 3.77. The molecule has 0 bridgehead atoms. The van der Waals surface area contributed by atoms with Gasteiger partial charge in [-0.2, -0.15) is 0 Å². The van der Waals surface area contributed by atoms with Gasteiger partial charge in [0.15, 0.2) is 0 Å². The largest absolute Gasteiger partial charge is 0.331 e. The van der Waals surface area contributed by atoms with Gasteiger partial charge in [0.25, 0.3) is 5.91 Å². The van der Waals surface area contributed by atoms with Gasteiger partial charge in [-0.15, -0.1) is 0 Å². The van der Waals surface area contributed by atoms with E-state index >= 15 is 0 Å². The highest BCUT2D eigenvalue weighted by atomic mass is 16.5. The van der Waals surface area contributed by atoms with E-state index in [1.807, 2.05) is 6.92 Å². The van der Waals surface area contributed by atoms with Crippen LogP contribution in [0.2, 0.25) is 0 Å². The first-order valence-electron chi connectivity index (χ1n) is 7.63. The number of anilines is 1. The first kappa shape index (κ1) is 17.5. The Labute approximate surface area is 140 Å². The summed E-state index contributed by atoms with van der Waals surface area (Å²) in [5.74, 6) is -0.600. The van der Waals surface area contributed by atoms with Crippen LogP contribution in [0.1, 0.15) is 25.8 Å². The summed E-state index contributed by atoms with van der Waals surface area (Å²) in [5, 5.41) is 14.1. The number of hydrogen-bond donors (Lipinski definition) is 4. The molecule has 1 aliphatic rings. The number of carbonyl (C=O) groups excluding carboxylic acids is 2. The van der Waals surface area contributed by atoms with Gasteiger partial charge in [-0.3, -0.25) is 10.0 Å². The van der Waals surface area contributed by atoms with Crippen LogP contribution in [0.3, 0.4) is 0 Å². The lowest BCUT2D eigenvalue weighted by Crippen LogP contribution is -2.37. The van der Waals surface area contributed by atoms with Crippen LogP contribution >= 0.6 is 0 Å². The maximum Gasteiger partial charge on any atom is 0.319 e. The first-order chi connectivity index (χ1) is 11.5. The molecule has 4 N–H and O–H groups in total. The Balaban J connectivity index is 1.88. The first-order valence-corrected chi connectivity index (χ1v) is 7.63. The van der Waals surface area contributed by atoms with E-state index in [-0.39, 0.29) is 12.1 Å². The Hall–Kier alpha value is -2.86. The summed E-state index contributed by atoms with van der Waals surface area (Å²) < 4.78 is 0. The van der Waals surface area contributed by atoms with E-state index < -0.39 is 5.91 Å². The van der Waals surface area contributed by atoms with E-state index in [0.717, 1.165) is 12.0 Å². The van der Waals surface area contributed by atoms with E-state index in [1.165, 1.54) is 22.7 Å². The summed E-state index contributed by atoms with van der Waals surface area (Å²) in [5.41, 5.74) is 5.36. The molecule has 0 aliphatic heterocycles. The van der Waals surface area contributed by atoms with E-state index in [2.05, 4.69) is 29.7 Å². The molecule has 6 nitrogen and oxygen atoms in total. The van der Waals surface area contributed by atoms with Crippen LogP contribution in [0.25, 0.3) is 6.08 Å². The molecule has 1 aliphatic carbocycles. The molecule has 126 valence electrons. The number of benzene rings is 1. The highest BCUT2D eigenvalue weighted by Gasteiger charge is 2.13. The van der Waals surface area contributed by atoms with E-state index in [0.29, 0.717) is 5.69 Å². The number of hydrogen-bond acceptors (Lipinski definition) is 3. The van der Waals surface area contributed by atoms with Crippen molar-refractivity contribution in [3.05, 3.63) is 59.2 Å². The molecule has 0 radical (unpaired) electrons. The minimum atomic E-state index is -0.600. The van der Waals surface area contributed by atoms with Crippen molar-refractivity contribution >= 4 is 23.7 Å². The van der Waals surface area contributed by atoms with Crippen molar-refractivity contribution < 1.29 is 14.8 Å². The third kappa shape index (κ3) is 5.10. The predicted octanol–water partition coefficient (Wildman–Crippen LogP) is 2.99. The van der Waals surface area contributed by atoms with Gasteiger partial charge < -0.3 is 10.6 Å². The summed E-state index contributed by atoms with van der Waals surface area (Å²) in [6.07, 6.45) is 7.72. The van der Waals surface area contributed by atoms with Gasteiger partial charge >= 0.3 is 6.03 Å². The highest BCUT2D eigenvalue weighted by Crippen LogP contribution is 2.18. The molecule has 0 spiro atoms. The standard InChI is InChI=1S/C18H21N3O3/c1-12-3-7-16(11-13(12)2)20-18(23)19-15-8-4-14(5-9-15)6-10-17(22)21-24/h3-6,8-11,16,24H,7H2,1-2H3,(H,21,22)(H2,19,20,23)/b10-6+. The molecular formula is C18H21N3O3. The van der Waals surface area contributed by atoms with Crippen molar-refractivity contribution in [1.29, 1.82) is 0 Å². The second-order valence-electron chi connectivity index (χ2n) is 5.61. The molecule has 0 saturated carbocycles. The lowest BCUT2D eigenvalue weighted by atomic mass is 9.97. The van der Waals surface area contributed by atoms with Crippen molar-refractivity contribution in [2.24, 2.45) is 0 Å². The summed E-state index contributed by atoms with van der Waals surface area (Å²) in [6, 6.07) is 6.72. The zero-order valence-electron chi connectivity index (χ0n) is 13.7. The summed E-state index contributed by atoms with van der Waals surface area (Å²) >= 11 is 0. The van der Waals surface area contributed by atoms with Crippen molar-refractivity contribution in [2.45, 2.75) is 26.3 Å². The SMILES string of the molecule is CC1=CCC(NC(=O)Nc2ccc(/C=C/C(=O)NO)cc2)C=C1C. The van der Waals surface area contributed by atoms with Gasteiger partial charge in [0.05, 0.1) is 6.04 Å². The molecule has 3 amide bonds. The van der Waals surface area contributed by atoms with Gasteiger partial charge in [0, 0.05) is 11.8 Å². The van der Waals surface area contributed by atoms with Crippen LogP contribution in [0.4, 0.5) is 10.5 Å². The molecule has 1 aromatic carbocycles. The zero-order valence-corrected chi connectivity index (χ0v) is 13.7. The van der Waals surface area contributed by atoms with Crippen molar-refractivity contribution in [2.75, 3.05) is 5.32 Å². The monoisotopic (exact) mass is 327 g/mol. The smallest absolute Gasteiger partial charge is 0.319 e. The van der Waals surface area contributed by atoms with Gasteiger partial charge in [-0.1, -0.05) is 35.4 Å². The number of hydroxylamine groups is 1. The number of amides is 3. The lowest BCUT2D eigenvalue weighted by Gasteiger charge is -2.19. The maximum atomic E-state index is 12.0. The fourth-order valence-corrected chi connectivity index (χ4v) is 2.29. The summed E-state index contributed by atoms with van der Waals surface area (Å²) in [7, 11) is 0. The average molecular weight is 327 g/mol. The minimum absolute atomic E-state index is 0.00657.